The van der Waals surface area contributed by atoms with Crippen molar-refractivity contribution in [3.8, 4) is 0 Å². The highest BCUT2D eigenvalue weighted by Crippen LogP contribution is 2.14. The van der Waals surface area contributed by atoms with Crippen molar-refractivity contribution in [3.63, 3.8) is 0 Å². The van der Waals surface area contributed by atoms with Crippen molar-refractivity contribution in [2.75, 3.05) is 20.3 Å². The predicted molar refractivity (Wildman–Crippen MR) is 76.8 cm³/mol. The molecular formula is C16H24O3. The molecule has 0 unspecified atom stereocenters. The molecule has 0 aromatic heterocycles. The van der Waals surface area contributed by atoms with E-state index >= 15 is 0 Å². The van der Waals surface area contributed by atoms with Gasteiger partial charge in [0, 0.05) is 19.3 Å². The van der Waals surface area contributed by atoms with Crippen LogP contribution in [0.3, 0.4) is 0 Å². The van der Waals surface area contributed by atoms with Crippen molar-refractivity contribution in [2.24, 2.45) is 0 Å². The lowest BCUT2D eigenvalue weighted by atomic mass is 10.0. The van der Waals surface area contributed by atoms with Crippen molar-refractivity contribution in [2.45, 2.75) is 39.7 Å². The van der Waals surface area contributed by atoms with E-state index in [-0.39, 0.29) is 18.0 Å². The van der Waals surface area contributed by atoms with Gasteiger partial charge in [0.2, 0.25) is 0 Å². The van der Waals surface area contributed by atoms with E-state index in [1.54, 1.807) is 7.11 Å². The zero-order valence-electron chi connectivity index (χ0n) is 12.6. The number of rotatable bonds is 7. The average Bonchev–Trinajstić information content (AvgIpc) is 2.37. The van der Waals surface area contributed by atoms with Crippen LogP contribution >= 0.6 is 0 Å². The number of ether oxygens (including phenoxy) is 2. The molecule has 0 fully saturated rings. The first-order chi connectivity index (χ1) is 8.85. The van der Waals surface area contributed by atoms with Crippen molar-refractivity contribution in [3.05, 3.63) is 34.9 Å². The molecule has 1 rings (SSSR count). The van der Waals surface area contributed by atoms with E-state index in [0.717, 1.165) is 23.1 Å². The van der Waals surface area contributed by atoms with Gasteiger partial charge in [0.25, 0.3) is 0 Å². The Morgan fingerprint density at radius 2 is 1.95 bits per heavy atom. The molecule has 0 aliphatic rings. The lowest BCUT2D eigenvalue weighted by Gasteiger charge is -2.22. The van der Waals surface area contributed by atoms with E-state index in [4.69, 9.17) is 9.47 Å². The molecule has 0 N–H and O–H groups in total. The second kappa shape index (κ2) is 6.83. The minimum atomic E-state index is -0.206. The summed E-state index contributed by atoms with van der Waals surface area (Å²) in [6.45, 7) is 8.59. The second-order valence-corrected chi connectivity index (χ2v) is 5.51. The Balaban J connectivity index is 2.46. The zero-order valence-corrected chi connectivity index (χ0v) is 12.6. The summed E-state index contributed by atoms with van der Waals surface area (Å²) >= 11 is 0. The number of carbonyl (C=O) groups excluding carboxylic acids is 1. The topological polar surface area (TPSA) is 35.5 Å². The first-order valence-electron chi connectivity index (χ1n) is 6.59. The minimum absolute atomic E-state index is 0.0384. The molecule has 0 saturated heterocycles. The Morgan fingerprint density at radius 3 is 2.58 bits per heavy atom. The molecule has 1 aromatic rings. The van der Waals surface area contributed by atoms with Gasteiger partial charge >= 0.3 is 0 Å². The molecule has 0 atom stereocenters. The molecule has 0 aliphatic heterocycles. The van der Waals surface area contributed by atoms with Gasteiger partial charge in [-0.05, 0) is 45.7 Å². The summed E-state index contributed by atoms with van der Waals surface area (Å²) in [5.41, 5.74) is 2.64. The summed E-state index contributed by atoms with van der Waals surface area (Å²) in [6, 6.07) is 5.89. The molecule has 0 aliphatic carbocycles. The molecule has 0 bridgehead atoms. The fourth-order valence-corrected chi connectivity index (χ4v) is 1.70. The third-order valence-corrected chi connectivity index (χ3v) is 3.33. The summed E-state index contributed by atoms with van der Waals surface area (Å²) in [5, 5.41) is 0. The molecular weight excluding hydrogens is 240 g/mol. The Kier molecular flexibility index (Phi) is 5.70. The van der Waals surface area contributed by atoms with E-state index in [1.807, 2.05) is 45.9 Å². The van der Waals surface area contributed by atoms with Gasteiger partial charge in [0.05, 0.1) is 5.60 Å². The van der Waals surface area contributed by atoms with Crippen LogP contribution in [0.25, 0.3) is 0 Å². The lowest BCUT2D eigenvalue weighted by molar-refractivity contribution is -0.00837. The average molecular weight is 264 g/mol. The summed E-state index contributed by atoms with van der Waals surface area (Å²) < 4.78 is 10.8. The van der Waals surface area contributed by atoms with Crippen molar-refractivity contribution >= 4 is 5.78 Å². The third-order valence-electron chi connectivity index (χ3n) is 3.33. The number of hydrogen-bond acceptors (Lipinski definition) is 3. The fourth-order valence-electron chi connectivity index (χ4n) is 1.70. The molecule has 106 valence electrons. The standard InChI is InChI=1S/C16H24O3/c1-12-6-7-13(2)14(10-12)15(17)11-19-9-8-16(3,4)18-5/h6-7,10H,8-9,11H2,1-5H3. The van der Waals surface area contributed by atoms with E-state index in [1.165, 1.54) is 0 Å². The number of benzene rings is 1. The van der Waals surface area contributed by atoms with Crippen LogP contribution in [0.5, 0.6) is 0 Å². The molecule has 0 spiro atoms. The summed E-state index contributed by atoms with van der Waals surface area (Å²) in [7, 11) is 1.68. The van der Waals surface area contributed by atoms with Crippen molar-refractivity contribution < 1.29 is 14.3 Å². The van der Waals surface area contributed by atoms with E-state index in [9.17, 15) is 4.79 Å². The molecule has 0 saturated carbocycles. The van der Waals surface area contributed by atoms with Crippen molar-refractivity contribution in [1.29, 1.82) is 0 Å². The quantitative estimate of drug-likeness (QED) is 0.560. The summed E-state index contributed by atoms with van der Waals surface area (Å²) in [6.07, 6.45) is 0.767. The number of Topliss-reactive ketones (excluding diaryl/α,β-unsaturated/α-hetero) is 1. The highest BCUT2D eigenvalue weighted by Gasteiger charge is 2.16. The van der Waals surface area contributed by atoms with Gasteiger partial charge in [-0.25, -0.2) is 0 Å². The molecule has 3 heteroatoms. The first-order valence-corrected chi connectivity index (χ1v) is 6.59. The predicted octanol–water partition coefficient (Wildman–Crippen LogP) is 3.32. The van der Waals surface area contributed by atoms with Crippen LogP contribution in [-0.2, 0) is 9.47 Å². The van der Waals surface area contributed by atoms with Gasteiger partial charge in [-0.3, -0.25) is 4.79 Å². The van der Waals surface area contributed by atoms with Crippen LogP contribution in [0, 0.1) is 13.8 Å². The van der Waals surface area contributed by atoms with Crippen molar-refractivity contribution in [1.82, 2.24) is 0 Å². The number of hydrogen-bond donors (Lipinski definition) is 0. The highest BCUT2D eigenvalue weighted by atomic mass is 16.5. The smallest absolute Gasteiger partial charge is 0.188 e. The van der Waals surface area contributed by atoms with Gasteiger partial charge in [0.15, 0.2) is 5.78 Å². The molecule has 0 amide bonds. The SMILES string of the molecule is COC(C)(C)CCOCC(=O)c1cc(C)ccc1C. The normalized spacial score (nSPS) is 11.6. The Labute approximate surface area is 115 Å². The fraction of sp³-hybridized carbons (Fsp3) is 0.562. The molecule has 3 nitrogen and oxygen atoms in total. The zero-order chi connectivity index (χ0) is 14.5. The monoisotopic (exact) mass is 264 g/mol. The minimum Gasteiger partial charge on any atom is -0.379 e. The van der Waals surface area contributed by atoms with Crippen LogP contribution in [0.4, 0.5) is 0 Å². The van der Waals surface area contributed by atoms with E-state index in [2.05, 4.69) is 0 Å². The number of carbonyl (C=O) groups is 1. The Hall–Kier alpha value is -1.19. The maximum absolute atomic E-state index is 12.1. The van der Waals surface area contributed by atoms with E-state index in [0.29, 0.717) is 6.61 Å². The van der Waals surface area contributed by atoms with Gasteiger partial charge < -0.3 is 9.47 Å². The third kappa shape index (κ3) is 5.13. The van der Waals surface area contributed by atoms with Crippen LogP contribution in [0.1, 0.15) is 41.8 Å². The lowest BCUT2D eigenvalue weighted by Crippen LogP contribution is -2.25. The van der Waals surface area contributed by atoms with Gasteiger partial charge in [0.1, 0.15) is 6.61 Å². The molecule has 0 radical (unpaired) electrons. The summed E-state index contributed by atoms with van der Waals surface area (Å²) in [5.74, 6) is 0.0384. The number of methoxy groups -OCH3 is 1. The van der Waals surface area contributed by atoms with Crippen LogP contribution < -0.4 is 0 Å². The highest BCUT2D eigenvalue weighted by molar-refractivity contribution is 5.98. The molecule has 19 heavy (non-hydrogen) atoms. The van der Waals surface area contributed by atoms with E-state index < -0.39 is 0 Å². The van der Waals surface area contributed by atoms with Crippen LogP contribution in [-0.4, -0.2) is 31.7 Å². The van der Waals surface area contributed by atoms with Gasteiger partial charge in [-0.2, -0.15) is 0 Å². The summed E-state index contributed by atoms with van der Waals surface area (Å²) in [4.78, 5) is 12.1. The van der Waals surface area contributed by atoms with Crippen LogP contribution in [0.2, 0.25) is 0 Å². The number of ketones is 1. The van der Waals surface area contributed by atoms with Crippen LogP contribution in [0.15, 0.2) is 18.2 Å². The molecule has 1 aromatic carbocycles. The number of aryl methyl sites for hydroxylation is 2. The maximum atomic E-state index is 12.1. The second-order valence-electron chi connectivity index (χ2n) is 5.51. The molecule has 0 heterocycles. The Bertz CT molecular complexity index is 436. The first kappa shape index (κ1) is 15.9. The van der Waals surface area contributed by atoms with Gasteiger partial charge in [-0.15, -0.1) is 0 Å². The Morgan fingerprint density at radius 1 is 1.26 bits per heavy atom. The maximum Gasteiger partial charge on any atom is 0.188 e. The largest absolute Gasteiger partial charge is 0.379 e. The van der Waals surface area contributed by atoms with Gasteiger partial charge in [-0.1, -0.05) is 17.7 Å².